The van der Waals surface area contributed by atoms with E-state index in [1.807, 2.05) is 0 Å². The summed E-state index contributed by atoms with van der Waals surface area (Å²) in [5, 5.41) is 0. The number of hydrogen-bond acceptors (Lipinski definition) is 0. The summed E-state index contributed by atoms with van der Waals surface area (Å²) < 4.78 is 0. The zero-order valence-corrected chi connectivity index (χ0v) is 9.34. The van der Waals surface area contributed by atoms with Crippen LogP contribution in [0.5, 0.6) is 0 Å². The molecule has 0 radical (unpaired) electrons. The molecule has 4 bridgehead atoms. The summed E-state index contributed by atoms with van der Waals surface area (Å²) in [7, 11) is 0. The van der Waals surface area contributed by atoms with E-state index < -0.39 is 0 Å². The van der Waals surface area contributed by atoms with Crippen molar-refractivity contribution < 1.29 is 0 Å². The van der Waals surface area contributed by atoms with Crippen molar-refractivity contribution in [3.8, 4) is 0 Å². The summed E-state index contributed by atoms with van der Waals surface area (Å²) in [5.74, 6) is 5.75. The predicted octanol–water partition coefficient (Wildman–Crippen LogP) is 3.86. The fourth-order valence-electron chi connectivity index (χ4n) is 5.57. The molecule has 0 heteroatoms. The molecule has 0 aromatic carbocycles. The third kappa shape index (κ3) is 0.864. The topological polar surface area (TPSA) is 0 Å². The van der Waals surface area contributed by atoms with Gasteiger partial charge < -0.3 is 0 Å². The molecular formula is C14H22. The van der Waals surface area contributed by atoms with E-state index in [0.29, 0.717) is 0 Å². The summed E-state index contributed by atoms with van der Waals surface area (Å²) in [4.78, 5) is 0. The minimum absolute atomic E-state index is 0.813. The van der Waals surface area contributed by atoms with Gasteiger partial charge in [0.15, 0.2) is 0 Å². The highest BCUT2D eigenvalue weighted by Gasteiger charge is 2.59. The van der Waals surface area contributed by atoms with Gasteiger partial charge in [-0.15, -0.1) is 0 Å². The molecule has 5 saturated carbocycles. The molecule has 0 aromatic rings. The van der Waals surface area contributed by atoms with Gasteiger partial charge in [-0.2, -0.15) is 0 Å². The second kappa shape index (κ2) is 2.39. The van der Waals surface area contributed by atoms with Gasteiger partial charge in [0.25, 0.3) is 0 Å². The highest BCUT2D eigenvalue weighted by molar-refractivity contribution is 5.09. The zero-order valence-electron chi connectivity index (χ0n) is 9.34. The molecule has 78 valence electrons. The Balaban J connectivity index is 1.73. The Morgan fingerprint density at radius 3 is 1.64 bits per heavy atom. The van der Waals surface area contributed by atoms with Crippen molar-refractivity contribution in [2.75, 3.05) is 0 Å². The van der Waals surface area contributed by atoms with Crippen LogP contribution in [0.15, 0.2) is 0 Å². The van der Waals surface area contributed by atoms with E-state index in [4.69, 9.17) is 0 Å². The fraction of sp³-hybridized carbons (Fsp3) is 1.00. The second-order valence-electron chi connectivity index (χ2n) is 6.94. The molecule has 0 saturated heterocycles. The maximum Gasteiger partial charge on any atom is -0.0241 e. The van der Waals surface area contributed by atoms with E-state index in [-0.39, 0.29) is 0 Å². The Kier molecular flexibility index (Phi) is 1.40. The Bertz CT molecular complexity index is 233. The third-order valence-corrected chi connectivity index (χ3v) is 6.35. The maximum atomic E-state index is 2.66. The van der Waals surface area contributed by atoms with Crippen molar-refractivity contribution in [1.29, 1.82) is 0 Å². The van der Waals surface area contributed by atoms with Crippen molar-refractivity contribution in [1.82, 2.24) is 0 Å². The van der Waals surface area contributed by atoms with Crippen LogP contribution in [-0.4, -0.2) is 0 Å². The molecule has 5 fully saturated rings. The first-order chi connectivity index (χ1) is 6.77. The molecule has 0 amide bonds. The van der Waals surface area contributed by atoms with Crippen LogP contribution in [0.3, 0.4) is 0 Å². The summed E-state index contributed by atoms with van der Waals surface area (Å²) >= 11 is 0. The molecule has 0 unspecified atom stereocenters. The van der Waals surface area contributed by atoms with Crippen molar-refractivity contribution in [2.24, 2.45) is 35.0 Å². The van der Waals surface area contributed by atoms with Gasteiger partial charge in [0.2, 0.25) is 0 Å². The van der Waals surface area contributed by atoms with E-state index in [1.54, 1.807) is 44.9 Å². The Morgan fingerprint density at radius 1 is 0.714 bits per heavy atom. The predicted molar refractivity (Wildman–Crippen MR) is 57.9 cm³/mol. The molecule has 0 nitrogen and oxygen atoms in total. The van der Waals surface area contributed by atoms with Gasteiger partial charge >= 0.3 is 0 Å². The van der Waals surface area contributed by atoms with Crippen LogP contribution < -0.4 is 0 Å². The molecule has 5 aliphatic rings. The first kappa shape index (κ1) is 8.19. The lowest BCUT2D eigenvalue weighted by atomic mass is 9.44. The molecule has 0 N–H and O–H groups in total. The molecule has 0 atom stereocenters. The first-order valence-corrected chi connectivity index (χ1v) is 6.77. The zero-order chi connectivity index (χ0) is 9.34. The van der Waals surface area contributed by atoms with Gasteiger partial charge in [0.1, 0.15) is 0 Å². The van der Waals surface area contributed by atoms with Gasteiger partial charge in [0, 0.05) is 0 Å². The fourth-order valence-corrected chi connectivity index (χ4v) is 5.57. The lowest BCUT2D eigenvalue weighted by molar-refractivity contribution is -0.111. The number of hydrogen-bond donors (Lipinski definition) is 0. The van der Waals surface area contributed by atoms with Gasteiger partial charge in [-0.25, -0.2) is 0 Å². The van der Waals surface area contributed by atoms with Crippen LogP contribution in [0.4, 0.5) is 0 Å². The Morgan fingerprint density at radius 2 is 1.21 bits per heavy atom. The minimum atomic E-state index is 0.813. The smallest absolute Gasteiger partial charge is 0.0241 e. The van der Waals surface area contributed by atoms with Crippen LogP contribution >= 0.6 is 0 Å². The average molecular weight is 190 g/mol. The van der Waals surface area contributed by atoms with Crippen LogP contribution in [0, 0.1) is 35.0 Å². The summed E-state index contributed by atoms with van der Waals surface area (Å²) in [5.41, 5.74) is 0.813. The van der Waals surface area contributed by atoms with Gasteiger partial charge in [0.05, 0.1) is 0 Å². The van der Waals surface area contributed by atoms with E-state index in [1.165, 1.54) is 0 Å². The van der Waals surface area contributed by atoms with Crippen LogP contribution in [0.2, 0.25) is 0 Å². The summed E-state index contributed by atoms with van der Waals surface area (Å²) in [6.45, 7) is 2.66. The summed E-state index contributed by atoms with van der Waals surface area (Å²) in [6.07, 6.45) is 11.2. The monoisotopic (exact) mass is 190 g/mol. The maximum absolute atomic E-state index is 2.66. The van der Waals surface area contributed by atoms with Crippen molar-refractivity contribution >= 4 is 0 Å². The van der Waals surface area contributed by atoms with E-state index >= 15 is 0 Å². The highest BCUT2D eigenvalue weighted by Crippen LogP contribution is 2.68. The van der Waals surface area contributed by atoms with Crippen LogP contribution in [-0.2, 0) is 0 Å². The van der Waals surface area contributed by atoms with Gasteiger partial charge in [-0.1, -0.05) is 6.92 Å². The largest absolute Gasteiger partial charge is 0.0588 e. The van der Waals surface area contributed by atoms with Crippen molar-refractivity contribution in [2.45, 2.75) is 51.9 Å². The Labute approximate surface area is 87.5 Å². The molecule has 0 aliphatic heterocycles. The Hall–Kier alpha value is 0. The SMILES string of the molecule is CC1(C2CC2)C2CC3CC(C2)CC1C3. The average Bonchev–Trinajstić information content (AvgIpc) is 2.95. The van der Waals surface area contributed by atoms with Gasteiger partial charge in [-0.3, -0.25) is 0 Å². The van der Waals surface area contributed by atoms with Crippen LogP contribution in [0.1, 0.15) is 51.9 Å². The van der Waals surface area contributed by atoms with E-state index in [9.17, 15) is 0 Å². The highest BCUT2D eigenvalue weighted by atomic mass is 14.6. The lowest BCUT2D eigenvalue weighted by Crippen LogP contribution is -2.52. The normalized spacial score (nSPS) is 60.6. The molecule has 14 heavy (non-hydrogen) atoms. The van der Waals surface area contributed by atoms with Gasteiger partial charge in [-0.05, 0) is 80.0 Å². The lowest BCUT2D eigenvalue weighted by Gasteiger charge is -2.61. The van der Waals surface area contributed by atoms with Crippen molar-refractivity contribution in [3.63, 3.8) is 0 Å². The molecule has 5 aliphatic carbocycles. The molecule has 0 aromatic heterocycles. The second-order valence-corrected chi connectivity index (χ2v) is 6.94. The third-order valence-electron chi connectivity index (χ3n) is 6.35. The molecule has 0 heterocycles. The quantitative estimate of drug-likeness (QED) is 0.589. The number of rotatable bonds is 1. The van der Waals surface area contributed by atoms with Crippen molar-refractivity contribution in [3.05, 3.63) is 0 Å². The molecule has 5 rings (SSSR count). The molecule has 0 spiro atoms. The molecular weight excluding hydrogens is 168 g/mol. The van der Waals surface area contributed by atoms with E-state index in [0.717, 1.165) is 35.0 Å². The summed E-state index contributed by atoms with van der Waals surface area (Å²) in [6, 6.07) is 0. The first-order valence-electron chi connectivity index (χ1n) is 6.77. The van der Waals surface area contributed by atoms with E-state index in [2.05, 4.69) is 6.92 Å². The van der Waals surface area contributed by atoms with Crippen LogP contribution in [0.25, 0.3) is 0 Å². The standard InChI is InChI=1S/C14H22/c1-14(11-2-3-11)12-5-9-4-10(7-12)8-13(14)6-9/h9-13H,2-8H2,1H3. The minimum Gasteiger partial charge on any atom is -0.0588 e.